The first-order valence-corrected chi connectivity index (χ1v) is 14.0. The fourth-order valence-corrected chi connectivity index (χ4v) is 5.89. The number of imidazole rings is 1. The summed E-state index contributed by atoms with van der Waals surface area (Å²) >= 11 is 0. The molecule has 2 heteroatoms. The molecule has 0 unspecified atom stereocenters. The van der Waals surface area contributed by atoms with Crippen LogP contribution in [0.1, 0.15) is 0 Å². The molecule has 0 fully saturated rings. The molecule has 0 aliphatic heterocycles. The van der Waals surface area contributed by atoms with Gasteiger partial charge in [0, 0.05) is 11.3 Å². The molecule has 7 aromatic carbocycles. The predicted molar refractivity (Wildman–Crippen MR) is 172 cm³/mol. The molecule has 0 aliphatic carbocycles. The molecule has 0 saturated carbocycles. The van der Waals surface area contributed by atoms with E-state index in [1.54, 1.807) is 0 Å². The summed E-state index contributed by atoms with van der Waals surface area (Å²) in [5.74, 6) is 0.932. The van der Waals surface area contributed by atoms with E-state index in [1.165, 1.54) is 43.8 Å². The second kappa shape index (κ2) is 9.62. The van der Waals surface area contributed by atoms with Crippen LogP contribution in [0.2, 0.25) is 0 Å². The smallest absolute Gasteiger partial charge is 0.145 e. The first-order valence-electron chi connectivity index (χ1n) is 14.0. The van der Waals surface area contributed by atoms with E-state index in [4.69, 9.17) is 4.98 Å². The van der Waals surface area contributed by atoms with Crippen molar-refractivity contribution in [3.05, 3.63) is 158 Å². The molecule has 41 heavy (non-hydrogen) atoms. The molecule has 0 amide bonds. The zero-order valence-corrected chi connectivity index (χ0v) is 22.4. The topological polar surface area (TPSA) is 17.8 Å². The van der Waals surface area contributed by atoms with E-state index in [0.29, 0.717) is 0 Å². The van der Waals surface area contributed by atoms with Crippen LogP contribution in [0.25, 0.3) is 71.9 Å². The Morgan fingerprint density at radius 1 is 0.366 bits per heavy atom. The lowest BCUT2D eigenvalue weighted by Gasteiger charge is -2.14. The fraction of sp³-hybridized carbons (Fsp3) is 0. The molecule has 1 heterocycles. The molecule has 2 nitrogen and oxygen atoms in total. The van der Waals surface area contributed by atoms with Crippen molar-refractivity contribution in [1.29, 1.82) is 0 Å². The average Bonchev–Trinajstić information content (AvgIpc) is 3.44. The third-order valence-electron chi connectivity index (χ3n) is 7.93. The quantitative estimate of drug-likeness (QED) is 0.225. The molecular formula is C39H26N2. The number of nitrogens with zero attached hydrogens (tertiary/aromatic N) is 2. The van der Waals surface area contributed by atoms with Gasteiger partial charge >= 0.3 is 0 Å². The van der Waals surface area contributed by atoms with Gasteiger partial charge in [-0.05, 0) is 98.4 Å². The third kappa shape index (κ3) is 4.18. The Hall–Kier alpha value is -5.47. The van der Waals surface area contributed by atoms with Crippen LogP contribution in [-0.2, 0) is 0 Å². The van der Waals surface area contributed by atoms with Gasteiger partial charge in [0.1, 0.15) is 5.82 Å². The lowest BCUT2D eigenvalue weighted by molar-refractivity contribution is 1.10. The highest BCUT2D eigenvalue weighted by Crippen LogP contribution is 2.37. The zero-order valence-electron chi connectivity index (χ0n) is 22.4. The molecule has 192 valence electrons. The van der Waals surface area contributed by atoms with Crippen LogP contribution in [0.15, 0.2) is 158 Å². The van der Waals surface area contributed by atoms with E-state index < -0.39 is 0 Å². The molecule has 0 radical (unpaired) electrons. The maximum atomic E-state index is 5.19. The molecule has 0 aliphatic rings. The molecular weight excluding hydrogens is 496 g/mol. The van der Waals surface area contributed by atoms with Gasteiger partial charge in [0.2, 0.25) is 0 Å². The first-order chi connectivity index (χ1) is 20.3. The Labute approximate surface area is 238 Å². The van der Waals surface area contributed by atoms with Gasteiger partial charge in [-0.1, -0.05) is 103 Å². The van der Waals surface area contributed by atoms with Gasteiger partial charge in [-0.15, -0.1) is 0 Å². The van der Waals surface area contributed by atoms with Gasteiger partial charge < -0.3 is 0 Å². The van der Waals surface area contributed by atoms with E-state index in [9.17, 15) is 0 Å². The summed E-state index contributed by atoms with van der Waals surface area (Å²) in [6.07, 6.45) is 0. The first kappa shape index (κ1) is 23.4. The van der Waals surface area contributed by atoms with Crippen LogP contribution in [0.5, 0.6) is 0 Å². The minimum Gasteiger partial charge on any atom is -0.292 e. The van der Waals surface area contributed by atoms with E-state index in [2.05, 4.69) is 162 Å². The summed E-state index contributed by atoms with van der Waals surface area (Å²) in [7, 11) is 0. The van der Waals surface area contributed by atoms with Crippen LogP contribution in [0.3, 0.4) is 0 Å². The monoisotopic (exact) mass is 522 g/mol. The Bertz CT molecular complexity index is 2110. The number of benzene rings is 7. The van der Waals surface area contributed by atoms with Gasteiger partial charge in [0.05, 0.1) is 11.0 Å². The number of rotatable bonds is 4. The van der Waals surface area contributed by atoms with Crippen molar-refractivity contribution in [3.63, 3.8) is 0 Å². The van der Waals surface area contributed by atoms with Gasteiger partial charge in [-0.2, -0.15) is 0 Å². The van der Waals surface area contributed by atoms with Crippen LogP contribution < -0.4 is 0 Å². The van der Waals surface area contributed by atoms with Crippen LogP contribution in [-0.4, -0.2) is 9.55 Å². The van der Waals surface area contributed by atoms with E-state index >= 15 is 0 Å². The minimum atomic E-state index is 0.932. The van der Waals surface area contributed by atoms with Crippen LogP contribution in [0.4, 0.5) is 0 Å². The minimum absolute atomic E-state index is 0.932. The standard InChI is InChI=1S/C39H26N2/c1-2-14-36(15-3-1)41-38-17-9-8-16-37(38)40-39(41)35-25-33(31-20-18-27-10-4-6-12-29(27)22-31)24-34(26-35)32-21-19-28-11-5-7-13-30(28)23-32/h1-26H. The highest BCUT2D eigenvalue weighted by molar-refractivity contribution is 5.92. The molecule has 8 rings (SSSR count). The van der Waals surface area contributed by atoms with Gasteiger partial charge in [-0.3, -0.25) is 4.57 Å². The molecule has 0 spiro atoms. The molecule has 1 aromatic heterocycles. The van der Waals surface area contributed by atoms with E-state index in [1.807, 2.05) is 0 Å². The van der Waals surface area contributed by atoms with E-state index in [-0.39, 0.29) is 0 Å². The third-order valence-corrected chi connectivity index (χ3v) is 7.93. The summed E-state index contributed by atoms with van der Waals surface area (Å²) in [5, 5.41) is 4.96. The number of hydrogen-bond donors (Lipinski definition) is 0. The highest BCUT2D eigenvalue weighted by atomic mass is 15.1. The second-order valence-electron chi connectivity index (χ2n) is 10.5. The normalized spacial score (nSPS) is 11.4. The van der Waals surface area contributed by atoms with Crippen molar-refractivity contribution in [2.24, 2.45) is 0 Å². The van der Waals surface area contributed by atoms with Crippen molar-refractivity contribution in [2.75, 3.05) is 0 Å². The molecule has 0 saturated heterocycles. The number of fused-ring (bicyclic) bond motifs is 3. The number of para-hydroxylation sites is 3. The fourth-order valence-electron chi connectivity index (χ4n) is 5.89. The van der Waals surface area contributed by atoms with Gasteiger partial charge in [0.15, 0.2) is 0 Å². The molecule has 8 aromatic rings. The Morgan fingerprint density at radius 2 is 0.878 bits per heavy atom. The van der Waals surface area contributed by atoms with E-state index in [0.717, 1.165) is 28.1 Å². The van der Waals surface area contributed by atoms with Crippen molar-refractivity contribution in [1.82, 2.24) is 9.55 Å². The largest absolute Gasteiger partial charge is 0.292 e. The number of hydrogen-bond acceptors (Lipinski definition) is 1. The van der Waals surface area contributed by atoms with Crippen molar-refractivity contribution < 1.29 is 0 Å². The van der Waals surface area contributed by atoms with Gasteiger partial charge in [0.25, 0.3) is 0 Å². The molecule has 0 atom stereocenters. The Morgan fingerprint density at radius 3 is 1.51 bits per heavy atom. The Kier molecular flexibility index (Phi) is 5.49. The summed E-state index contributed by atoms with van der Waals surface area (Å²) in [4.78, 5) is 5.19. The zero-order chi connectivity index (χ0) is 27.2. The average molecular weight is 523 g/mol. The maximum absolute atomic E-state index is 5.19. The van der Waals surface area contributed by atoms with Crippen LogP contribution in [0, 0.1) is 0 Å². The summed E-state index contributed by atoms with van der Waals surface area (Å²) in [6.45, 7) is 0. The summed E-state index contributed by atoms with van der Waals surface area (Å²) in [6, 6.07) is 56.3. The van der Waals surface area contributed by atoms with Crippen molar-refractivity contribution in [2.45, 2.75) is 0 Å². The highest BCUT2D eigenvalue weighted by Gasteiger charge is 2.17. The maximum Gasteiger partial charge on any atom is 0.145 e. The van der Waals surface area contributed by atoms with Crippen molar-refractivity contribution >= 4 is 32.6 Å². The summed E-state index contributed by atoms with van der Waals surface area (Å²) < 4.78 is 2.28. The lowest BCUT2D eigenvalue weighted by Crippen LogP contribution is -1.98. The lowest BCUT2D eigenvalue weighted by atomic mass is 9.93. The predicted octanol–water partition coefficient (Wildman–Crippen LogP) is 10.3. The summed E-state index contributed by atoms with van der Waals surface area (Å²) in [5.41, 5.74) is 8.97. The second-order valence-corrected chi connectivity index (χ2v) is 10.5. The molecule has 0 bridgehead atoms. The molecule has 0 N–H and O–H groups in total. The van der Waals surface area contributed by atoms with Crippen LogP contribution >= 0.6 is 0 Å². The SMILES string of the molecule is c1ccc(-n2c(-c3cc(-c4ccc5ccccc5c4)cc(-c4ccc5ccccc5c4)c3)nc3ccccc32)cc1. The Balaban J connectivity index is 1.40. The van der Waals surface area contributed by atoms with Crippen molar-refractivity contribution in [3.8, 4) is 39.3 Å². The number of aromatic nitrogens is 2. The van der Waals surface area contributed by atoms with Gasteiger partial charge in [-0.25, -0.2) is 4.98 Å².